The van der Waals surface area contributed by atoms with E-state index in [2.05, 4.69) is 41.5 Å². The number of carboxylic acid groups (broad SMARTS) is 1. The summed E-state index contributed by atoms with van der Waals surface area (Å²) in [6.45, 7) is 3.96. The van der Waals surface area contributed by atoms with Gasteiger partial charge in [0.05, 0.1) is 36.2 Å². The number of ether oxygens (including phenoxy) is 2. The summed E-state index contributed by atoms with van der Waals surface area (Å²) in [5.41, 5.74) is 8.63. The highest BCUT2D eigenvalue weighted by atomic mass is 32.1. The summed E-state index contributed by atoms with van der Waals surface area (Å²) in [5, 5.41) is 57.8. The average Bonchev–Trinajstić information content (AvgIpc) is 1.62. The number of hydrogen-bond acceptors (Lipinski definition) is 25. The van der Waals surface area contributed by atoms with E-state index in [0.717, 1.165) is 34.0 Å². The molecular formula is C66H66N14O13S6. The number of aryl methyl sites for hydroxylation is 1. The van der Waals surface area contributed by atoms with E-state index >= 15 is 4.79 Å². The normalized spacial score (nSPS) is 20.8. The molecule has 7 atom stereocenters. The fourth-order valence-corrected chi connectivity index (χ4v) is 17.1. The van der Waals surface area contributed by atoms with Gasteiger partial charge >= 0.3 is 5.97 Å². The Balaban J connectivity index is 0.910. The van der Waals surface area contributed by atoms with Crippen molar-refractivity contribution in [3.8, 4) is 49.1 Å². The Kier molecular flexibility index (Phi) is 21.8. The van der Waals surface area contributed by atoms with Gasteiger partial charge in [0, 0.05) is 82.5 Å². The van der Waals surface area contributed by atoms with Gasteiger partial charge in [0.1, 0.15) is 93.8 Å². The number of aromatic nitrogens is 7. The van der Waals surface area contributed by atoms with Gasteiger partial charge in [-0.05, 0) is 74.4 Å². The zero-order valence-corrected chi connectivity index (χ0v) is 58.1. The van der Waals surface area contributed by atoms with Crippen LogP contribution in [0.15, 0.2) is 93.6 Å². The number of nitrogens with two attached hydrogens (primary N) is 1. The highest BCUT2D eigenvalue weighted by molar-refractivity contribution is 7.15. The lowest BCUT2D eigenvalue weighted by Crippen LogP contribution is -2.50. The molecule has 27 nitrogen and oxygen atoms in total. The molecule has 1 saturated carbocycles. The first-order valence-electron chi connectivity index (χ1n) is 31.5. The molecule has 9 aromatic rings. The van der Waals surface area contributed by atoms with Crippen molar-refractivity contribution in [3.63, 3.8) is 0 Å². The Morgan fingerprint density at radius 1 is 0.707 bits per heavy atom. The molecule has 514 valence electrons. The predicted molar refractivity (Wildman–Crippen MR) is 370 cm³/mol. The fraction of sp³-hybridized carbons (Fsp3) is 0.348. The molecule has 0 unspecified atom stereocenters. The molecule has 2 fully saturated rings. The van der Waals surface area contributed by atoms with E-state index in [1.165, 1.54) is 49.7 Å². The molecule has 33 heteroatoms. The van der Waals surface area contributed by atoms with Crippen molar-refractivity contribution < 1.29 is 63.1 Å². The molecule has 2 aromatic carbocycles. The first-order valence-corrected chi connectivity index (χ1v) is 36.7. The van der Waals surface area contributed by atoms with Gasteiger partial charge < -0.3 is 62.0 Å². The standard InChI is InChI=1S/C66H66N14O13S6/c1-31-47(81)24-80-53(31)64-77-46(30-98-64)61-73-42(26-95-61)51-38(18-19-39(70-51)60-75-43(28-96-60)55(85)69-36-14-12-35(13-15-36)66(90)91)59-74-44(27-94-59)56(86)71-40(23-48(67)82)62-79-50(32(2)99-62)58(88)78-52(54(84)34-8-5-4-6-9-34)63-76-45(29-97-63)57(87)72-41(65(80)89)22-33-10-16-37(17-11-33)93-25-49(83)68-20-7-21-92-3/h4-6,8-11,16-19,26-31,35-36,40-41,47,52-54,81,84H,7,12-15,20-25H2,1-3H3,(H2,67,82)(H,68,83)(H,69,85)(H,71,86)(H,72,87)(H,78,88)(H,90,91)/t31-,35?,36?,40-,41-,47-,52-,53-,54+/m0/s1. The Labute approximate surface area is 589 Å². The quantitative estimate of drug-likeness (QED) is 0.0399. The van der Waals surface area contributed by atoms with Crippen LogP contribution in [0.1, 0.15) is 143 Å². The number of aliphatic hydroxyl groups is 2. The lowest BCUT2D eigenvalue weighted by molar-refractivity contribution is -0.143. The number of amides is 7. The first kappa shape index (κ1) is 69.7. The second-order valence-electron chi connectivity index (χ2n) is 23.9. The van der Waals surface area contributed by atoms with Gasteiger partial charge in [0.25, 0.3) is 29.5 Å². The number of hydrogen-bond donors (Lipinski definition) is 9. The molecule has 9 heterocycles. The molecule has 12 rings (SSSR count). The number of nitrogens with zero attached hydrogens (tertiary/aromatic N) is 8. The molecule has 10 bridgehead atoms. The number of methoxy groups -OCH3 is 1. The molecule has 3 aliphatic rings. The maximum atomic E-state index is 15.5. The Morgan fingerprint density at radius 2 is 1.37 bits per heavy atom. The van der Waals surface area contributed by atoms with Gasteiger partial charge in [-0.15, -0.1) is 68.0 Å². The van der Waals surface area contributed by atoms with Crippen LogP contribution in [-0.4, -0.2) is 154 Å². The number of rotatable bonds is 17. The third kappa shape index (κ3) is 16.1. The van der Waals surface area contributed by atoms with Crippen LogP contribution in [0, 0.1) is 18.8 Å². The van der Waals surface area contributed by atoms with Crippen molar-refractivity contribution >= 4 is 115 Å². The fourth-order valence-electron chi connectivity index (χ4n) is 11.8. The maximum Gasteiger partial charge on any atom is 0.306 e. The average molecular weight is 1460 g/mol. The number of carboxylic acids is 1. The van der Waals surface area contributed by atoms with E-state index in [0.29, 0.717) is 115 Å². The van der Waals surface area contributed by atoms with Crippen molar-refractivity contribution in [1.82, 2.24) is 66.4 Å². The number of primary amides is 1. The minimum absolute atomic E-state index is 0.0387. The summed E-state index contributed by atoms with van der Waals surface area (Å²) in [5.74, 6) is -5.79. The van der Waals surface area contributed by atoms with Crippen molar-refractivity contribution in [3.05, 3.63) is 147 Å². The monoisotopic (exact) mass is 1450 g/mol. The molecule has 7 aromatic heterocycles. The predicted octanol–water partition coefficient (Wildman–Crippen LogP) is 7.49. The Hall–Kier alpha value is -9.19. The molecule has 0 spiro atoms. The van der Waals surface area contributed by atoms with Crippen molar-refractivity contribution in [2.75, 3.05) is 33.4 Å². The van der Waals surface area contributed by atoms with E-state index < -0.39 is 96.0 Å². The van der Waals surface area contributed by atoms with Crippen LogP contribution >= 0.6 is 68.0 Å². The summed E-state index contributed by atoms with van der Waals surface area (Å²) in [6.07, 6.45) is -0.385. The highest BCUT2D eigenvalue weighted by Gasteiger charge is 2.46. The molecule has 7 amide bonds. The zero-order valence-electron chi connectivity index (χ0n) is 53.2. The van der Waals surface area contributed by atoms with Gasteiger partial charge in [-0.3, -0.25) is 38.4 Å². The summed E-state index contributed by atoms with van der Waals surface area (Å²) in [6, 6.07) is 13.9. The van der Waals surface area contributed by atoms with Crippen LogP contribution < -0.4 is 37.1 Å². The minimum Gasteiger partial charge on any atom is -0.484 e. The van der Waals surface area contributed by atoms with Gasteiger partial charge in [-0.25, -0.2) is 34.9 Å². The minimum atomic E-state index is -1.44. The lowest BCUT2D eigenvalue weighted by Gasteiger charge is -2.29. The van der Waals surface area contributed by atoms with Crippen molar-refractivity contribution in [1.29, 1.82) is 0 Å². The number of benzene rings is 2. The number of thiazole rings is 6. The molecule has 99 heavy (non-hydrogen) atoms. The topological polar surface area (TPSA) is 395 Å². The number of carbonyl (C=O) groups excluding carboxylic acids is 7. The SMILES string of the molecule is COCCCNC(=O)COc1ccc(C[C@@H]2NC(=O)c3csc(n3)[C@H]([C@H](O)c3ccccc3)NC(=O)c3nc(sc3C)[C@H](CC(N)=O)NC(=O)c3csc(n3)-c3ccc(-c4nc(C(=O)NC5CCC(C(=O)O)CC5)cs4)nc3-c3csc(n3)-c3csc(n3)[C@@H]3[C@@H](C)[C@@H](O)CN3C2=O)cc1. The van der Waals surface area contributed by atoms with Gasteiger partial charge in [0.2, 0.25) is 11.8 Å². The van der Waals surface area contributed by atoms with E-state index in [9.17, 15) is 48.9 Å². The lowest BCUT2D eigenvalue weighted by atomic mass is 9.86. The Morgan fingerprint density at radius 3 is 2.12 bits per heavy atom. The summed E-state index contributed by atoms with van der Waals surface area (Å²) < 4.78 is 10.8. The molecule has 1 saturated heterocycles. The molecule has 2 aliphatic heterocycles. The van der Waals surface area contributed by atoms with Gasteiger partial charge in [-0.2, -0.15) is 0 Å². The van der Waals surface area contributed by atoms with Crippen LogP contribution in [0.25, 0.3) is 43.4 Å². The number of aliphatic carboxylic acids is 1. The second kappa shape index (κ2) is 30.9. The Bertz CT molecular complexity index is 4470. The zero-order chi connectivity index (χ0) is 69.6. The van der Waals surface area contributed by atoms with Gasteiger partial charge in [0.15, 0.2) is 6.61 Å². The highest BCUT2D eigenvalue weighted by Crippen LogP contribution is 2.43. The second-order valence-corrected chi connectivity index (χ2v) is 29.5. The van der Waals surface area contributed by atoms with Crippen molar-refractivity contribution in [2.45, 2.75) is 101 Å². The van der Waals surface area contributed by atoms with Gasteiger partial charge in [-0.1, -0.05) is 49.4 Å². The van der Waals surface area contributed by atoms with E-state index in [-0.39, 0.29) is 64.3 Å². The summed E-state index contributed by atoms with van der Waals surface area (Å²) in [4.78, 5) is 146. The maximum absolute atomic E-state index is 15.5. The van der Waals surface area contributed by atoms with E-state index in [1.54, 1.807) is 96.9 Å². The van der Waals surface area contributed by atoms with Crippen LogP contribution in [-0.2, 0) is 30.3 Å². The molecular weight excluding hydrogens is 1390 g/mol. The number of aliphatic hydroxyl groups excluding tert-OH is 2. The summed E-state index contributed by atoms with van der Waals surface area (Å²) >= 11 is 6.85. The smallest absolute Gasteiger partial charge is 0.306 e. The third-order valence-electron chi connectivity index (χ3n) is 17.1. The first-order chi connectivity index (χ1) is 47.7. The third-order valence-corrected chi connectivity index (χ3v) is 22.6. The van der Waals surface area contributed by atoms with Crippen molar-refractivity contribution in [2.24, 2.45) is 17.6 Å². The number of pyridine rings is 1. The number of carbonyl (C=O) groups is 8. The van der Waals surface area contributed by atoms with Crippen LogP contribution in [0.5, 0.6) is 5.75 Å². The number of fused-ring (bicyclic) bond motifs is 16. The molecule has 10 N–H and O–H groups in total. The number of nitrogens with one attached hydrogen (secondary N) is 5. The largest absolute Gasteiger partial charge is 0.484 e. The molecule has 1 aliphatic carbocycles. The summed E-state index contributed by atoms with van der Waals surface area (Å²) in [7, 11) is 1.58. The van der Waals surface area contributed by atoms with E-state index in [4.69, 9.17) is 35.1 Å². The van der Waals surface area contributed by atoms with Crippen LogP contribution in [0.4, 0.5) is 0 Å². The molecule has 0 radical (unpaired) electrons. The van der Waals surface area contributed by atoms with Crippen LogP contribution in [0.2, 0.25) is 0 Å². The van der Waals surface area contributed by atoms with Crippen LogP contribution in [0.3, 0.4) is 0 Å². The van der Waals surface area contributed by atoms with E-state index in [1.807, 2.05) is 6.92 Å².